The summed E-state index contributed by atoms with van der Waals surface area (Å²) in [5, 5.41) is 13.7. The number of likely N-dealkylation sites (tertiary alicyclic amines) is 2. The van der Waals surface area contributed by atoms with Crippen LogP contribution in [0.4, 0.5) is 0 Å². The smallest absolute Gasteiger partial charge is 0.328 e. The van der Waals surface area contributed by atoms with E-state index < -0.39 is 35.4 Å². The van der Waals surface area contributed by atoms with E-state index in [1.165, 1.54) is 11.3 Å². The molecular formula is C31H44N4O7S. The molecule has 1 spiro atoms. The first kappa shape index (κ1) is 30.5. The van der Waals surface area contributed by atoms with E-state index in [9.17, 15) is 24.3 Å². The molecule has 2 bridgehead atoms. The van der Waals surface area contributed by atoms with Crippen LogP contribution in [-0.4, -0.2) is 101 Å². The van der Waals surface area contributed by atoms with Crippen LogP contribution in [0, 0.1) is 41.9 Å². The largest absolute Gasteiger partial charge is 0.480 e. The van der Waals surface area contributed by atoms with Crippen molar-refractivity contribution in [3.63, 3.8) is 0 Å². The molecule has 3 amide bonds. The summed E-state index contributed by atoms with van der Waals surface area (Å²) in [7, 11) is 0. The Morgan fingerprint density at radius 1 is 1.12 bits per heavy atom. The number of ether oxygens (including phenoxy) is 2. The summed E-state index contributed by atoms with van der Waals surface area (Å²) in [5.74, 6) is -2.35. The first-order valence-electron chi connectivity index (χ1n) is 15.5. The molecule has 0 radical (unpaired) electrons. The van der Waals surface area contributed by atoms with Crippen molar-refractivity contribution in [2.75, 3.05) is 39.4 Å². The maximum Gasteiger partial charge on any atom is 0.328 e. The Kier molecular flexibility index (Phi) is 7.65. The number of nitrogens with zero attached hydrogens (tertiary/aromatic N) is 3. The topological polar surface area (TPSA) is 138 Å². The summed E-state index contributed by atoms with van der Waals surface area (Å²) in [6, 6.07) is -1.25. The van der Waals surface area contributed by atoms with Gasteiger partial charge in [0.2, 0.25) is 11.8 Å². The summed E-state index contributed by atoms with van der Waals surface area (Å²) in [4.78, 5) is 61.5. The van der Waals surface area contributed by atoms with Crippen LogP contribution in [-0.2, 0) is 23.9 Å². The SMILES string of the molecule is Cc1nc(C)c(C(=O)N2C[C@@H](C(=O)N[C@H](C(=O)O)[C@@H](C)OCC34CCC(CC3)OC4)C3(C2)CN(C(=O)[C@H]2CC2(C)C)C3)s1. The van der Waals surface area contributed by atoms with Crippen LogP contribution in [0.3, 0.4) is 0 Å². The normalized spacial score (nSPS) is 31.4. The minimum atomic E-state index is -1.25. The van der Waals surface area contributed by atoms with Crippen LogP contribution < -0.4 is 5.32 Å². The minimum absolute atomic E-state index is 0.0106. The Balaban J connectivity index is 1.16. The Hall–Kier alpha value is -2.57. The molecule has 2 saturated carbocycles. The van der Waals surface area contributed by atoms with Crippen molar-refractivity contribution in [1.29, 1.82) is 0 Å². The first-order valence-corrected chi connectivity index (χ1v) is 16.3. The lowest BCUT2D eigenvalue weighted by atomic mass is 9.70. The number of rotatable bonds is 9. The van der Waals surface area contributed by atoms with E-state index in [-0.39, 0.29) is 35.1 Å². The number of nitrogens with one attached hydrogen (secondary N) is 1. The monoisotopic (exact) mass is 616 g/mol. The van der Waals surface area contributed by atoms with Crippen LogP contribution >= 0.6 is 11.3 Å². The molecule has 2 aliphatic carbocycles. The van der Waals surface area contributed by atoms with Gasteiger partial charge in [-0.05, 0) is 58.3 Å². The molecule has 1 aromatic heterocycles. The maximum atomic E-state index is 13.9. The van der Waals surface area contributed by atoms with E-state index in [1.54, 1.807) is 23.6 Å². The number of aryl methyl sites for hydroxylation is 2. The van der Waals surface area contributed by atoms with Crippen LogP contribution in [0.2, 0.25) is 0 Å². The van der Waals surface area contributed by atoms with Crippen molar-refractivity contribution in [2.45, 2.75) is 85.0 Å². The number of fused-ring (bicyclic) bond motifs is 3. The first-order chi connectivity index (χ1) is 20.2. The Morgan fingerprint density at radius 2 is 1.77 bits per heavy atom. The zero-order valence-corrected chi connectivity index (χ0v) is 26.6. The molecule has 12 heteroatoms. The highest BCUT2D eigenvalue weighted by molar-refractivity contribution is 7.13. The molecule has 4 saturated heterocycles. The zero-order chi connectivity index (χ0) is 30.9. The number of hydrogen-bond donors (Lipinski definition) is 2. The van der Waals surface area contributed by atoms with Crippen LogP contribution in [0.25, 0.3) is 0 Å². The molecule has 5 heterocycles. The molecule has 1 aromatic rings. The van der Waals surface area contributed by atoms with E-state index in [0.717, 1.165) is 37.1 Å². The molecule has 4 atom stereocenters. The molecule has 4 aliphatic heterocycles. The van der Waals surface area contributed by atoms with Gasteiger partial charge in [-0.3, -0.25) is 14.4 Å². The number of aliphatic carboxylic acids is 1. The molecule has 0 aromatic carbocycles. The Bertz CT molecular complexity index is 1300. The third-order valence-corrected chi connectivity index (χ3v) is 11.8. The summed E-state index contributed by atoms with van der Waals surface area (Å²) in [6.45, 7) is 11.7. The summed E-state index contributed by atoms with van der Waals surface area (Å²) >= 11 is 1.33. The van der Waals surface area contributed by atoms with Crippen molar-refractivity contribution in [3.05, 3.63) is 15.6 Å². The van der Waals surface area contributed by atoms with E-state index >= 15 is 0 Å². The molecule has 6 aliphatic rings. The molecular weight excluding hydrogens is 572 g/mol. The second-order valence-corrected chi connectivity index (χ2v) is 15.7. The van der Waals surface area contributed by atoms with Crippen molar-refractivity contribution >= 4 is 35.0 Å². The fourth-order valence-corrected chi connectivity index (χ4v) is 8.58. The van der Waals surface area contributed by atoms with Crippen LogP contribution in [0.15, 0.2) is 0 Å². The number of amides is 3. The lowest BCUT2D eigenvalue weighted by Gasteiger charge is -2.50. The molecule has 236 valence electrons. The van der Waals surface area contributed by atoms with Crippen molar-refractivity contribution in [1.82, 2.24) is 20.1 Å². The van der Waals surface area contributed by atoms with Crippen LogP contribution in [0.5, 0.6) is 0 Å². The standard InChI is InChI=1S/C31H44N4O7S/c1-17-24(43-19(3)32-17)27(38)34-11-22(31(12-34)13-35(14-31)26(37)21-10-29(21,4)5)25(36)33-23(28(39)40)18(2)41-15-30-8-6-20(7-9-30)42-16-30/h18,20-23H,6-16H2,1-5H3,(H,33,36)(H,39,40)/t18-,20?,21-,22+,23+,30?/m1/s1. The van der Waals surface area contributed by atoms with E-state index in [2.05, 4.69) is 24.1 Å². The summed E-state index contributed by atoms with van der Waals surface area (Å²) < 4.78 is 12.0. The van der Waals surface area contributed by atoms with Gasteiger partial charge >= 0.3 is 5.97 Å². The van der Waals surface area contributed by atoms with Crippen molar-refractivity contribution in [3.8, 4) is 0 Å². The number of hydrogen-bond acceptors (Lipinski definition) is 8. The fraction of sp³-hybridized carbons (Fsp3) is 0.774. The number of carbonyl (C=O) groups excluding carboxylic acids is 3. The number of carboxylic acid groups (broad SMARTS) is 1. The number of carbonyl (C=O) groups is 4. The second-order valence-electron chi connectivity index (χ2n) is 14.5. The molecule has 43 heavy (non-hydrogen) atoms. The van der Waals surface area contributed by atoms with Gasteiger partial charge in [0.1, 0.15) is 4.88 Å². The second kappa shape index (κ2) is 10.8. The molecule has 2 N–H and O–H groups in total. The average Bonchev–Trinajstić information content (AvgIpc) is 3.25. The molecule has 7 rings (SSSR count). The molecule has 0 unspecified atom stereocenters. The van der Waals surface area contributed by atoms with Gasteiger partial charge in [-0.15, -0.1) is 11.3 Å². The van der Waals surface area contributed by atoms with E-state index in [1.807, 2.05) is 6.92 Å². The summed E-state index contributed by atoms with van der Waals surface area (Å²) in [6.07, 6.45) is 4.39. The third kappa shape index (κ3) is 5.59. The van der Waals surface area contributed by atoms with Gasteiger partial charge in [0.25, 0.3) is 5.91 Å². The number of carboxylic acids is 1. The van der Waals surface area contributed by atoms with Crippen molar-refractivity contribution in [2.24, 2.45) is 28.1 Å². The summed E-state index contributed by atoms with van der Waals surface area (Å²) in [5.41, 5.74) is -0.0863. The predicted octanol–water partition coefficient (Wildman–Crippen LogP) is 2.64. The Labute approximate surface area is 256 Å². The van der Waals surface area contributed by atoms with Gasteiger partial charge in [0, 0.05) is 42.9 Å². The highest BCUT2D eigenvalue weighted by Gasteiger charge is 2.62. The number of thiazole rings is 1. The minimum Gasteiger partial charge on any atom is -0.480 e. The molecule has 6 fully saturated rings. The van der Waals surface area contributed by atoms with Crippen molar-refractivity contribution < 1.29 is 33.8 Å². The Morgan fingerprint density at radius 3 is 2.30 bits per heavy atom. The van der Waals surface area contributed by atoms with Gasteiger partial charge in [-0.1, -0.05) is 13.8 Å². The van der Waals surface area contributed by atoms with Gasteiger partial charge in [0.15, 0.2) is 6.04 Å². The lowest BCUT2D eigenvalue weighted by molar-refractivity contribution is -0.161. The lowest BCUT2D eigenvalue weighted by Crippen LogP contribution is -2.65. The van der Waals surface area contributed by atoms with Gasteiger partial charge in [0.05, 0.1) is 42.0 Å². The van der Waals surface area contributed by atoms with Gasteiger partial charge in [-0.2, -0.15) is 0 Å². The predicted molar refractivity (Wildman–Crippen MR) is 158 cm³/mol. The van der Waals surface area contributed by atoms with Crippen LogP contribution in [0.1, 0.15) is 73.2 Å². The number of aromatic nitrogens is 1. The maximum absolute atomic E-state index is 13.9. The van der Waals surface area contributed by atoms with Gasteiger partial charge in [-0.25, -0.2) is 9.78 Å². The molecule has 11 nitrogen and oxygen atoms in total. The fourth-order valence-electron chi connectivity index (χ4n) is 7.69. The van der Waals surface area contributed by atoms with E-state index in [0.29, 0.717) is 49.5 Å². The highest BCUT2D eigenvalue weighted by Crippen LogP contribution is 2.55. The third-order valence-electron chi connectivity index (χ3n) is 10.8. The zero-order valence-electron chi connectivity index (χ0n) is 25.8. The highest BCUT2D eigenvalue weighted by atomic mass is 32.1. The quantitative estimate of drug-likeness (QED) is 0.432. The average molecular weight is 617 g/mol. The van der Waals surface area contributed by atoms with Gasteiger partial charge < -0.3 is 29.7 Å². The van der Waals surface area contributed by atoms with E-state index in [4.69, 9.17) is 9.47 Å².